The molecule has 0 spiro atoms. The number of nitrogens with zero attached hydrogens (tertiary/aromatic N) is 2. The summed E-state index contributed by atoms with van der Waals surface area (Å²) in [4.78, 5) is 59.0. The predicted molar refractivity (Wildman–Crippen MR) is 138 cm³/mol. The molecule has 2 aromatic heterocycles. The Bertz CT molecular complexity index is 1480. The van der Waals surface area contributed by atoms with Crippen LogP contribution in [0.1, 0.15) is 29.3 Å². The van der Waals surface area contributed by atoms with Gasteiger partial charge in [0.25, 0.3) is 0 Å². The number of aromatic nitrogens is 1. The smallest absolute Gasteiger partial charge is 0.324 e. The summed E-state index contributed by atoms with van der Waals surface area (Å²) in [6.07, 6.45) is 4.72. The van der Waals surface area contributed by atoms with Crippen molar-refractivity contribution in [2.45, 2.75) is 31.5 Å². The highest BCUT2D eigenvalue weighted by molar-refractivity contribution is 7.98. The van der Waals surface area contributed by atoms with Crippen molar-refractivity contribution in [2.24, 2.45) is 11.8 Å². The van der Waals surface area contributed by atoms with Crippen molar-refractivity contribution >= 4 is 52.1 Å². The van der Waals surface area contributed by atoms with Gasteiger partial charge in [0.05, 0.1) is 47.3 Å². The zero-order valence-electron chi connectivity index (χ0n) is 20.1. The molecule has 0 bridgehead atoms. The number of amides is 2. The molecule has 5 rings (SSSR count). The van der Waals surface area contributed by atoms with Crippen molar-refractivity contribution in [2.75, 3.05) is 12.0 Å². The van der Waals surface area contributed by atoms with Crippen LogP contribution in [-0.4, -0.2) is 50.3 Å². The number of halogens is 1. The Kier molecular flexibility index (Phi) is 6.59. The van der Waals surface area contributed by atoms with E-state index in [1.165, 1.54) is 24.1 Å². The van der Waals surface area contributed by atoms with Crippen LogP contribution in [0.4, 0.5) is 0 Å². The Labute approximate surface area is 221 Å². The van der Waals surface area contributed by atoms with Crippen LogP contribution < -0.4 is 10.7 Å². The number of aliphatic carboxylic acids is 1. The number of carbonyl (C=O) groups is 3. The summed E-state index contributed by atoms with van der Waals surface area (Å²) in [6.45, 7) is 1.70. The van der Waals surface area contributed by atoms with Crippen molar-refractivity contribution < 1.29 is 23.9 Å². The molecule has 9 nitrogen and oxygen atoms in total. The number of pyridine rings is 1. The van der Waals surface area contributed by atoms with Crippen LogP contribution >= 0.6 is 23.4 Å². The first-order valence-corrected chi connectivity index (χ1v) is 13.4. The van der Waals surface area contributed by atoms with Gasteiger partial charge in [-0.15, -0.1) is 0 Å². The third-order valence-electron chi connectivity index (χ3n) is 7.29. The lowest BCUT2D eigenvalue weighted by Gasteiger charge is -2.31. The van der Waals surface area contributed by atoms with Gasteiger partial charge >= 0.3 is 5.97 Å². The average molecular weight is 542 g/mol. The Morgan fingerprint density at radius 3 is 2.73 bits per heavy atom. The summed E-state index contributed by atoms with van der Waals surface area (Å²) < 4.78 is 5.74. The molecule has 2 saturated heterocycles. The van der Waals surface area contributed by atoms with E-state index in [-0.39, 0.29) is 23.9 Å². The number of hydrogen-bond donors (Lipinski definition) is 2. The third-order valence-corrected chi connectivity index (χ3v) is 8.31. The van der Waals surface area contributed by atoms with E-state index in [0.29, 0.717) is 22.1 Å². The van der Waals surface area contributed by atoms with Crippen molar-refractivity contribution in [3.63, 3.8) is 0 Å². The largest absolute Gasteiger partial charge is 0.480 e. The monoisotopic (exact) mass is 541 g/mol. The molecule has 37 heavy (non-hydrogen) atoms. The number of nitrogens with one attached hydrogen (secondary N) is 1. The molecule has 1 aromatic carbocycles. The Hall–Kier alpha value is -3.21. The molecule has 2 fully saturated rings. The number of fused-ring (bicyclic) bond motifs is 2. The van der Waals surface area contributed by atoms with Crippen LogP contribution in [0.15, 0.2) is 52.0 Å². The molecule has 2 N–H and O–H groups in total. The number of hydrogen-bond acceptors (Lipinski definition) is 8. The molecule has 2 aliphatic heterocycles. The molecule has 0 saturated carbocycles. The minimum absolute atomic E-state index is 0.0792. The van der Waals surface area contributed by atoms with Crippen molar-refractivity contribution in [3.05, 3.63) is 74.9 Å². The van der Waals surface area contributed by atoms with Crippen LogP contribution in [0, 0.1) is 18.8 Å². The van der Waals surface area contributed by atoms with Gasteiger partial charge in [-0.3, -0.25) is 34.4 Å². The Balaban J connectivity index is 1.65. The van der Waals surface area contributed by atoms with Gasteiger partial charge in [-0.2, -0.15) is 11.8 Å². The Morgan fingerprint density at radius 1 is 1.27 bits per heavy atom. The summed E-state index contributed by atoms with van der Waals surface area (Å²) in [5.74, 6) is -4.26. The van der Waals surface area contributed by atoms with Crippen LogP contribution in [0.2, 0.25) is 5.02 Å². The molecular weight excluding hydrogens is 518 g/mol. The van der Waals surface area contributed by atoms with Gasteiger partial charge in [0.2, 0.25) is 11.8 Å². The van der Waals surface area contributed by atoms with Crippen molar-refractivity contribution in [1.82, 2.24) is 15.2 Å². The normalized spacial score (nSPS) is 25.2. The molecule has 4 unspecified atom stereocenters. The minimum Gasteiger partial charge on any atom is -0.480 e. The lowest BCUT2D eigenvalue weighted by atomic mass is 9.78. The number of aryl methyl sites for hydroxylation is 1. The molecule has 4 heterocycles. The number of benzene rings is 1. The molecule has 2 aliphatic rings. The lowest BCUT2D eigenvalue weighted by molar-refractivity contribution is -0.151. The number of likely N-dealkylation sites (tertiary alicyclic amines) is 1. The summed E-state index contributed by atoms with van der Waals surface area (Å²) in [5.41, 5.74) is -0.551. The first-order chi connectivity index (χ1) is 17.7. The van der Waals surface area contributed by atoms with E-state index in [1.807, 2.05) is 6.26 Å². The van der Waals surface area contributed by atoms with E-state index in [2.05, 4.69) is 10.3 Å². The first-order valence-electron chi connectivity index (χ1n) is 11.7. The second-order valence-electron chi connectivity index (χ2n) is 9.35. The van der Waals surface area contributed by atoms with Gasteiger partial charge in [-0.05, 0) is 55.2 Å². The molecule has 0 radical (unpaired) electrons. The average Bonchev–Trinajstić information content (AvgIpc) is 3.35. The standard InChI is InChI=1S/C26H24ClN3O6S/c1-13-9-18-15(10-17(13)27)22(31)16(12-36-18)21-19-20(26(29-21,25(34)35)6-8-37-2)24(33)30(23(19)32)11-14-5-3-4-7-28-14/h3-5,7,9-10,12,19-21,29H,6,8,11H2,1-2H3,(H,34,35). The molecule has 0 aliphatic carbocycles. The predicted octanol–water partition coefficient (Wildman–Crippen LogP) is 3.17. The van der Waals surface area contributed by atoms with E-state index in [9.17, 15) is 24.3 Å². The van der Waals surface area contributed by atoms with E-state index in [1.54, 1.807) is 37.4 Å². The summed E-state index contributed by atoms with van der Waals surface area (Å²) in [5, 5.41) is 14.0. The van der Waals surface area contributed by atoms with Crippen molar-refractivity contribution in [1.29, 1.82) is 0 Å². The fourth-order valence-electron chi connectivity index (χ4n) is 5.42. The topological polar surface area (TPSA) is 130 Å². The van der Waals surface area contributed by atoms with Crippen LogP contribution in [0.3, 0.4) is 0 Å². The third kappa shape index (κ3) is 4.03. The number of carboxylic acids is 1. The number of rotatable bonds is 7. The molecule has 192 valence electrons. The van der Waals surface area contributed by atoms with Gasteiger partial charge in [0, 0.05) is 11.2 Å². The summed E-state index contributed by atoms with van der Waals surface area (Å²) >= 11 is 7.69. The molecule has 4 atom stereocenters. The van der Waals surface area contributed by atoms with Crippen LogP contribution in [0.25, 0.3) is 11.0 Å². The van der Waals surface area contributed by atoms with Gasteiger partial charge in [-0.1, -0.05) is 17.7 Å². The fourth-order valence-corrected chi connectivity index (χ4v) is 6.11. The minimum atomic E-state index is -1.74. The quantitative estimate of drug-likeness (QED) is 0.433. The molecule has 11 heteroatoms. The number of imide groups is 1. The summed E-state index contributed by atoms with van der Waals surface area (Å²) in [7, 11) is 0. The van der Waals surface area contributed by atoms with E-state index in [0.717, 1.165) is 10.5 Å². The van der Waals surface area contributed by atoms with E-state index in [4.69, 9.17) is 16.0 Å². The maximum atomic E-state index is 13.7. The lowest BCUT2D eigenvalue weighted by Crippen LogP contribution is -2.56. The van der Waals surface area contributed by atoms with Gasteiger partial charge in [0.1, 0.15) is 11.1 Å². The fraction of sp³-hybridized carbons (Fsp3) is 0.346. The van der Waals surface area contributed by atoms with Crippen LogP contribution in [-0.2, 0) is 20.9 Å². The van der Waals surface area contributed by atoms with Gasteiger partial charge in [0.15, 0.2) is 5.43 Å². The van der Waals surface area contributed by atoms with Gasteiger partial charge < -0.3 is 9.52 Å². The highest BCUT2D eigenvalue weighted by Gasteiger charge is 2.68. The Morgan fingerprint density at radius 2 is 2.05 bits per heavy atom. The maximum absolute atomic E-state index is 13.7. The second kappa shape index (κ2) is 9.59. The number of carboxylic acid groups (broad SMARTS) is 1. The molecule has 3 aromatic rings. The molecule has 2 amide bonds. The van der Waals surface area contributed by atoms with Gasteiger partial charge in [-0.25, -0.2) is 0 Å². The second-order valence-corrected chi connectivity index (χ2v) is 10.7. The zero-order valence-corrected chi connectivity index (χ0v) is 21.6. The molecular formula is C26H24ClN3O6S. The SMILES string of the molecule is CSCCC1(C(=O)O)NC(c2coc3cc(C)c(Cl)cc3c2=O)C2C(=O)N(Cc3ccccn3)C(=O)C21. The number of thioether (sulfide) groups is 1. The first kappa shape index (κ1) is 25.4. The van der Waals surface area contributed by atoms with Crippen molar-refractivity contribution in [3.8, 4) is 0 Å². The highest BCUT2D eigenvalue weighted by Crippen LogP contribution is 2.50. The van der Waals surface area contributed by atoms with E-state index >= 15 is 0 Å². The number of carbonyl (C=O) groups excluding carboxylic acids is 2. The highest BCUT2D eigenvalue weighted by atomic mass is 35.5. The van der Waals surface area contributed by atoms with Crippen LogP contribution in [0.5, 0.6) is 0 Å². The van der Waals surface area contributed by atoms with E-state index < -0.39 is 46.6 Å². The summed E-state index contributed by atoms with van der Waals surface area (Å²) in [6, 6.07) is 7.25. The maximum Gasteiger partial charge on any atom is 0.324 e. The zero-order chi connectivity index (χ0) is 26.5.